The zero-order valence-corrected chi connectivity index (χ0v) is 25.0. The normalized spacial score (nSPS) is 21.1. The molecule has 1 spiro atoms. The van der Waals surface area contributed by atoms with Gasteiger partial charge in [0.25, 0.3) is 11.8 Å². The average molecular weight is 526 g/mol. The van der Waals surface area contributed by atoms with Gasteiger partial charge in [-0.2, -0.15) is 0 Å². The molecule has 1 fully saturated rings. The minimum atomic E-state index is -1.20. The largest absolute Gasteiger partial charge is 1.00 e. The van der Waals surface area contributed by atoms with E-state index in [1.807, 2.05) is 47.4 Å². The quantitative estimate of drug-likeness (QED) is 0.503. The number of nitrogens with zero attached hydrogens (tertiary/aromatic N) is 2. The Labute approximate surface area is 247 Å². The van der Waals surface area contributed by atoms with Gasteiger partial charge in [-0.1, -0.05) is 63.2 Å². The van der Waals surface area contributed by atoms with Crippen molar-refractivity contribution in [1.82, 2.24) is 10.2 Å². The van der Waals surface area contributed by atoms with Gasteiger partial charge in [0, 0.05) is 36.6 Å². The third-order valence-electron chi connectivity index (χ3n) is 7.78. The first-order chi connectivity index (χ1) is 17.6. The number of rotatable bonds is 8. The summed E-state index contributed by atoms with van der Waals surface area (Å²) in [6.07, 6.45) is 4.24. The molecule has 2 aromatic rings. The second-order valence-electron chi connectivity index (χ2n) is 11.2. The molecule has 0 unspecified atom stereocenters. The molecule has 0 bridgehead atoms. The maximum Gasteiger partial charge on any atom is 1.00 e. The smallest absolute Gasteiger partial charge is 0.550 e. The van der Waals surface area contributed by atoms with E-state index in [-0.39, 0.29) is 59.8 Å². The van der Waals surface area contributed by atoms with Gasteiger partial charge in [-0.25, -0.2) is 0 Å². The molecule has 0 saturated heterocycles. The van der Waals surface area contributed by atoms with Crippen LogP contribution < -0.4 is 40.0 Å². The van der Waals surface area contributed by atoms with E-state index in [4.69, 9.17) is 4.99 Å². The van der Waals surface area contributed by atoms with E-state index in [2.05, 4.69) is 26.1 Å². The van der Waals surface area contributed by atoms with Crippen LogP contribution in [0.1, 0.15) is 74.4 Å². The molecule has 196 valence electrons. The minimum absolute atomic E-state index is 0. The molecule has 1 N–H and O–H groups in total. The monoisotopic (exact) mass is 525 g/mol. The van der Waals surface area contributed by atoms with Crippen LogP contribution in [0.3, 0.4) is 0 Å². The van der Waals surface area contributed by atoms with Gasteiger partial charge in [-0.3, -0.25) is 14.6 Å². The molecule has 2 aromatic carbocycles. The fourth-order valence-corrected chi connectivity index (χ4v) is 5.50. The van der Waals surface area contributed by atoms with E-state index < -0.39 is 11.6 Å². The first kappa shape index (κ1) is 30.1. The van der Waals surface area contributed by atoms with E-state index in [1.54, 1.807) is 12.1 Å². The standard InChI is InChI=1S/C30H37N3O4.Na/c1-29(2,3)24-13-17-30(18-14-24)32-26(22-7-5-4-6-8-22)28(37)33(30)20-16-21-9-11-23(12-10-21)27(36)31-19-15-25(34)35;/h4-12,24H,13-20H2,1-3H3,(H,31,36)(H,34,35);/q;+1/p-1. The maximum absolute atomic E-state index is 13.7. The van der Waals surface area contributed by atoms with Crippen LogP contribution in [0.4, 0.5) is 0 Å². The number of carbonyl (C=O) groups is 3. The molecule has 0 radical (unpaired) electrons. The maximum atomic E-state index is 13.7. The van der Waals surface area contributed by atoms with Gasteiger partial charge < -0.3 is 20.1 Å². The predicted molar refractivity (Wildman–Crippen MR) is 141 cm³/mol. The van der Waals surface area contributed by atoms with Crippen molar-refractivity contribution in [1.29, 1.82) is 0 Å². The Morgan fingerprint density at radius 1 is 1.05 bits per heavy atom. The number of carbonyl (C=O) groups excluding carboxylic acids is 3. The third-order valence-corrected chi connectivity index (χ3v) is 7.78. The van der Waals surface area contributed by atoms with Crippen LogP contribution in [0.5, 0.6) is 0 Å². The number of carboxylic acid groups (broad SMARTS) is 1. The van der Waals surface area contributed by atoms with E-state index in [1.165, 1.54) is 0 Å². The summed E-state index contributed by atoms with van der Waals surface area (Å²) in [6, 6.07) is 16.9. The van der Waals surface area contributed by atoms with Gasteiger partial charge in [0.1, 0.15) is 11.4 Å². The van der Waals surface area contributed by atoms with Crippen molar-refractivity contribution < 1.29 is 49.0 Å². The summed E-state index contributed by atoms with van der Waals surface area (Å²) >= 11 is 0. The first-order valence-electron chi connectivity index (χ1n) is 13.1. The molecule has 1 aliphatic carbocycles. The van der Waals surface area contributed by atoms with Crippen LogP contribution in [0.25, 0.3) is 0 Å². The van der Waals surface area contributed by atoms with Crippen LogP contribution in [-0.2, 0) is 16.0 Å². The fraction of sp³-hybridized carbons (Fsp3) is 0.467. The summed E-state index contributed by atoms with van der Waals surface area (Å²) < 4.78 is 0. The molecular formula is C30H36N3NaO4. The van der Waals surface area contributed by atoms with Gasteiger partial charge in [0.05, 0.1) is 0 Å². The summed E-state index contributed by atoms with van der Waals surface area (Å²) in [7, 11) is 0. The number of benzene rings is 2. The van der Waals surface area contributed by atoms with Crippen LogP contribution in [0.2, 0.25) is 0 Å². The number of aliphatic carboxylic acids is 1. The topological polar surface area (TPSA) is 102 Å². The molecule has 8 heteroatoms. The SMILES string of the molecule is CC(C)(C)C1CCC2(CC1)N=C(c1ccccc1)C(=O)N2CCc1ccc(C(=O)NCCC(=O)[O-])cc1.[Na+]. The zero-order chi connectivity index (χ0) is 26.6. The predicted octanol–water partition coefficient (Wildman–Crippen LogP) is 0.367. The molecule has 7 nitrogen and oxygen atoms in total. The Kier molecular flexibility index (Phi) is 9.96. The van der Waals surface area contributed by atoms with Crippen molar-refractivity contribution in [3.05, 3.63) is 71.3 Å². The number of nitrogens with one attached hydrogen (secondary N) is 1. The van der Waals surface area contributed by atoms with Crippen LogP contribution in [-0.4, -0.2) is 47.1 Å². The van der Waals surface area contributed by atoms with E-state index in [0.29, 0.717) is 30.2 Å². The Balaban J connectivity index is 0.00000400. The Hall–Kier alpha value is -2.48. The molecule has 0 aromatic heterocycles. The molecule has 2 amide bonds. The van der Waals surface area contributed by atoms with Gasteiger partial charge in [0.15, 0.2) is 0 Å². The summed E-state index contributed by atoms with van der Waals surface area (Å²) in [5.74, 6) is -0.921. The van der Waals surface area contributed by atoms with Crippen molar-refractivity contribution in [2.75, 3.05) is 13.1 Å². The molecule has 1 heterocycles. The van der Waals surface area contributed by atoms with Crippen molar-refractivity contribution in [2.45, 2.75) is 65.0 Å². The van der Waals surface area contributed by atoms with Crippen LogP contribution in [0.15, 0.2) is 59.6 Å². The molecular weight excluding hydrogens is 489 g/mol. The summed E-state index contributed by atoms with van der Waals surface area (Å²) in [5, 5.41) is 13.1. The Morgan fingerprint density at radius 3 is 2.26 bits per heavy atom. The zero-order valence-electron chi connectivity index (χ0n) is 23.0. The van der Waals surface area contributed by atoms with Crippen LogP contribution >= 0.6 is 0 Å². The van der Waals surface area contributed by atoms with Gasteiger partial charge in [0.2, 0.25) is 0 Å². The summed E-state index contributed by atoms with van der Waals surface area (Å²) in [4.78, 5) is 43.5. The van der Waals surface area contributed by atoms with E-state index in [0.717, 1.165) is 36.8 Å². The summed E-state index contributed by atoms with van der Waals surface area (Å²) in [5.41, 5.74) is 2.64. The molecule has 1 saturated carbocycles. The van der Waals surface area contributed by atoms with Gasteiger partial charge in [-0.15, -0.1) is 0 Å². The van der Waals surface area contributed by atoms with E-state index >= 15 is 0 Å². The molecule has 1 aliphatic heterocycles. The first-order valence-corrected chi connectivity index (χ1v) is 13.1. The van der Waals surface area contributed by atoms with Gasteiger partial charge >= 0.3 is 29.6 Å². The second kappa shape index (κ2) is 12.6. The van der Waals surface area contributed by atoms with Crippen molar-refractivity contribution >= 4 is 23.5 Å². The average Bonchev–Trinajstić information content (AvgIpc) is 3.13. The minimum Gasteiger partial charge on any atom is -0.550 e. The number of amides is 2. The number of hydrogen-bond donors (Lipinski definition) is 1. The number of carboxylic acids is 1. The Morgan fingerprint density at radius 2 is 1.68 bits per heavy atom. The van der Waals surface area contributed by atoms with Crippen LogP contribution in [0, 0.1) is 11.3 Å². The molecule has 38 heavy (non-hydrogen) atoms. The number of aliphatic imine (C=N–C) groups is 1. The third kappa shape index (κ3) is 6.93. The second-order valence-corrected chi connectivity index (χ2v) is 11.2. The van der Waals surface area contributed by atoms with Crippen molar-refractivity contribution in [2.24, 2.45) is 16.3 Å². The van der Waals surface area contributed by atoms with Crippen molar-refractivity contribution in [3.63, 3.8) is 0 Å². The number of hydrogen-bond acceptors (Lipinski definition) is 5. The summed E-state index contributed by atoms with van der Waals surface area (Å²) in [6.45, 7) is 7.45. The Bertz CT molecular complexity index is 1160. The van der Waals surface area contributed by atoms with E-state index in [9.17, 15) is 19.5 Å². The van der Waals surface area contributed by atoms with Gasteiger partial charge in [-0.05, 0) is 61.1 Å². The fourth-order valence-electron chi connectivity index (χ4n) is 5.50. The molecule has 0 atom stereocenters. The molecule has 2 aliphatic rings. The van der Waals surface area contributed by atoms with Crippen molar-refractivity contribution in [3.8, 4) is 0 Å². The molecule has 4 rings (SSSR count).